The molecule has 0 aliphatic heterocycles. The van der Waals surface area contributed by atoms with Crippen LogP contribution in [0.3, 0.4) is 0 Å². The number of rotatable bonds is 5. The number of methoxy groups -OCH3 is 2. The Morgan fingerprint density at radius 3 is 2.46 bits per heavy atom. The lowest BCUT2D eigenvalue weighted by Crippen LogP contribution is -2.36. The molecule has 0 unspecified atom stereocenters. The number of hydrogen-bond acceptors (Lipinski definition) is 4. The van der Waals surface area contributed by atoms with Gasteiger partial charge < -0.3 is 14.8 Å². The van der Waals surface area contributed by atoms with E-state index in [0.717, 1.165) is 30.2 Å². The Morgan fingerprint density at radius 1 is 1.25 bits per heavy atom. The van der Waals surface area contributed by atoms with Crippen LogP contribution in [0.1, 0.15) is 37.7 Å². The van der Waals surface area contributed by atoms with Crippen molar-refractivity contribution in [3.8, 4) is 17.6 Å². The highest BCUT2D eigenvalue weighted by molar-refractivity contribution is 9.10. The minimum atomic E-state index is -0.328. The highest BCUT2D eigenvalue weighted by Gasteiger charge is 2.18. The van der Waals surface area contributed by atoms with Gasteiger partial charge in [-0.3, -0.25) is 4.79 Å². The van der Waals surface area contributed by atoms with Crippen LogP contribution in [-0.2, 0) is 4.79 Å². The molecule has 0 spiro atoms. The van der Waals surface area contributed by atoms with Gasteiger partial charge in [-0.1, -0.05) is 35.2 Å². The summed E-state index contributed by atoms with van der Waals surface area (Å²) in [6, 6.07) is 5.63. The number of nitrogens with one attached hydrogen (secondary N) is 1. The Labute approximate surface area is 150 Å². The fraction of sp³-hybridized carbons (Fsp3) is 0.444. The average Bonchev–Trinajstić information content (AvgIpc) is 2.61. The molecule has 5 nitrogen and oxygen atoms in total. The maximum Gasteiger partial charge on any atom is 0.262 e. The first-order valence-corrected chi connectivity index (χ1v) is 8.72. The van der Waals surface area contributed by atoms with Gasteiger partial charge in [0.05, 0.1) is 14.2 Å². The summed E-state index contributed by atoms with van der Waals surface area (Å²) in [4.78, 5) is 12.4. The lowest BCUT2D eigenvalue weighted by molar-refractivity contribution is -0.117. The fourth-order valence-corrected chi connectivity index (χ4v) is 3.23. The van der Waals surface area contributed by atoms with Gasteiger partial charge in [-0.25, -0.2) is 0 Å². The first-order valence-electron chi connectivity index (χ1n) is 7.93. The van der Waals surface area contributed by atoms with Crippen molar-refractivity contribution in [1.82, 2.24) is 5.32 Å². The summed E-state index contributed by atoms with van der Waals surface area (Å²) in [6.07, 6.45) is 6.97. The zero-order valence-electron chi connectivity index (χ0n) is 13.9. The molecule has 0 aromatic heterocycles. The second-order valence-corrected chi connectivity index (χ2v) is 6.56. The van der Waals surface area contributed by atoms with Crippen molar-refractivity contribution in [3.05, 3.63) is 27.7 Å². The van der Waals surface area contributed by atoms with Crippen LogP contribution >= 0.6 is 15.9 Å². The Hall–Kier alpha value is -2.00. The fourth-order valence-electron chi connectivity index (χ4n) is 2.79. The summed E-state index contributed by atoms with van der Waals surface area (Å²) < 4.78 is 11.2. The SMILES string of the molecule is COc1cc(Br)c(/C=C(\C#N)C(=O)NC2CCCCC2)cc1OC. The normalized spacial score (nSPS) is 15.5. The Kier molecular flexibility index (Phi) is 6.68. The quantitative estimate of drug-likeness (QED) is 0.610. The van der Waals surface area contributed by atoms with Crippen LogP contribution in [0.25, 0.3) is 6.08 Å². The third-order valence-corrected chi connectivity index (χ3v) is 4.79. The molecule has 0 bridgehead atoms. The Bertz CT molecular complexity index is 674. The first kappa shape index (κ1) is 18.3. The van der Waals surface area contributed by atoms with Crippen LogP contribution < -0.4 is 14.8 Å². The van der Waals surface area contributed by atoms with Crippen molar-refractivity contribution in [2.75, 3.05) is 14.2 Å². The molecule has 6 heteroatoms. The predicted octanol–water partition coefficient (Wildman–Crippen LogP) is 3.82. The molecule has 1 aromatic rings. The minimum absolute atomic E-state index is 0.0773. The van der Waals surface area contributed by atoms with Crippen LogP contribution in [0, 0.1) is 11.3 Å². The molecule has 24 heavy (non-hydrogen) atoms. The van der Waals surface area contributed by atoms with E-state index in [1.807, 2.05) is 6.07 Å². The number of amides is 1. The first-order chi connectivity index (χ1) is 11.6. The summed E-state index contributed by atoms with van der Waals surface area (Å²) in [5, 5.41) is 12.3. The number of carbonyl (C=O) groups excluding carboxylic acids is 1. The van der Waals surface area contributed by atoms with Crippen molar-refractivity contribution in [2.45, 2.75) is 38.1 Å². The standard InChI is InChI=1S/C18H21BrN2O3/c1-23-16-9-12(15(19)10-17(16)24-2)8-13(11-20)18(22)21-14-6-4-3-5-7-14/h8-10,14H,3-7H2,1-2H3,(H,21,22)/b13-8+. The van der Waals surface area contributed by atoms with E-state index < -0.39 is 0 Å². The van der Waals surface area contributed by atoms with E-state index >= 15 is 0 Å². The molecule has 0 saturated heterocycles. The monoisotopic (exact) mass is 392 g/mol. The predicted molar refractivity (Wildman–Crippen MR) is 95.9 cm³/mol. The topological polar surface area (TPSA) is 71.3 Å². The number of benzene rings is 1. The van der Waals surface area contributed by atoms with Crippen LogP contribution in [0.2, 0.25) is 0 Å². The van der Waals surface area contributed by atoms with E-state index in [9.17, 15) is 10.1 Å². The smallest absolute Gasteiger partial charge is 0.262 e. The summed E-state index contributed by atoms with van der Waals surface area (Å²) in [5.41, 5.74) is 0.761. The number of halogens is 1. The maximum absolute atomic E-state index is 12.4. The lowest BCUT2D eigenvalue weighted by atomic mass is 9.95. The zero-order chi connectivity index (χ0) is 17.5. The molecular weight excluding hydrogens is 372 g/mol. The molecule has 1 aliphatic rings. The number of ether oxygens (including phenoxy) is 2. The molecule has 1 N–H and O–H groups in total. The van der Waals surface area contributed by atoms with E-state index in [1.54, 1.807) is 32.4 Å². The van der Waals surface area contributed by atoms with Crippen molar-refractivity contribution < 1.29 is 14.3 Å². The summed E-state index contributed by atoms with van der Waals surface area (Å²) in [5.74, 6) is 0.787. The molecule has 0 radical (unpaired) electrons. The van der Waals surface area contributed by atoms with Crippen LogP contribution in [0.4, 0.5) is 0 Å². The van der Waals surface area contributed by atoms with Gasteiger partial charge in [0.2, 0.25) is 0 Å². The van der Waals surface area contributed by atoms with E-state index in [1.165, 1.54) is 6.42 Å². The van der Waals surface area contributed by atoms with Gasteiger partial charge in [-0.05, 0) is 36.6 Å². The summed E-state index contributed by atoms with van der Waals surface area (Å²) >= 11 is 3.44. The third-order valence-electron chi connectivity index (χ3n) is 4.11. The molecule has 0 atom stereocenters. The lowest BCUT2D eigenvalue weighted by Gasteiger charge is -2.22. The molecule has 1 amide bonds. The number of nitrogens with zero attached hydrogens (tertiary/aromatic N) is 1. The Balaban J connectivity index is 2.23. The van der Waals surface area contributed by atoms with E-state index in [0.29, 0.717) is 17.1 Å². The Morgan fingerprint density at radius 2 is 1.88 bits per heavy atom. The molecule has 1 saturated carbocycles. The molecule has 1 fully saturated rings. The number of nitriles is 1. The molecule has 1 aliphatic carbocycles. The molecular formula is C18H21BrN2O3. The van der Waals surface area contributed by atoms with Gasteiger partial charge >= 0.3 is 0 Å². The highest BCUT2D eigenvalue weighted by Crippen LogP contribution is 2.34. The summed E-state index contributed by atoms with van der Waals surface area (Å²) in [6.45, 7) is 0. The van der Waals surface area contributed by atoms with E-state index in [4.69, 9.17) is 9.47 Å². The van der Waals surface area contributed by atoms with Gasteiger partial charge in [0.25, 0.3) is 5.91 Å². The van der Waals surface area contributed by atoms with Gasteiger partial charge in [0, 0.05) is 10.5 Å². The summed E-state index contributed by atoms with van der Waals surface area (Å²) in [7, 11) is 3.10. The van der Waals surface area contributed by atoms with Gasteiger partial charge in [-0.2, -0.15) is 5.26 Å². The van der Waals surface area contributed by atoms with Gasteiger partial charge in [0.15, 0.2) is 11.5 Å². The maximum atomic E-state index is 12.4. The molecule has 0 heterocycles. The average molecular weight is 393 g/mol. The van der Waals surface area contributed by atoms with Crippen molar-refractivity contribution in [2.24, 2.45) is 0 Å². The van der Waals surface area contributed by atoms with Crippen LogP contribution in [0.5, 0.6) is 11.5 Å². The molecule has 1 aromatic carbocycles. The zero-order valence-corrected chi connectivity index (χ0v) is 15.5. The van der Waals surface area contributed by atoms with E-state index in [2.05, 4.69) is 21.2 Å². The molecule has 2 rings (SSSR count). The second-order valence-electron chi connectivity index (χ2n) is 5.71. The number of hydrogen-bond donors (Lipinski definition) is 1. The van der Waals surface area contributed by atoms with Gasteiger partial charge in [-0.15, -0.1) is 0 Å². The van der Waals surface area contributed by atoms with Crippen molar-refractivity contribution in [3.63, 3.8) is 0 Å². The van der Waals surface area contributed by atoms with Gasteiger partial charge in [0.1, 0.15) is 11.6 Å². The van der Waals surface area contributed by atoms with Crippen molar-refractivity contribution in [1.29, 1.82) is 5.26 Å². The third kappa shape index (κ3) is 4.51. The van der Waals surface area contributed by atoms with E-state index in [-0.39, 0.29) is 17.5 Å². The highest BCUT2D eigenvalue weighted by atomic mass is 79.9. The van der Waals surface area contributed by atoms with Crippen LogP contribution in [-0.4, -0.2) is 26.2 Å². The minimum Gasteiger partial charge on any atom is -0.493 e. The second kappa shape index (κ2) is 8.74. The number of carbonyl (C=O) groups is 1. The largest absolute Gasteiger partial charge is 0.493 e. The molecule has 128 valence electrons. The van der Waals surface area contributed by atoms with Crippen molar-refractivity contribution >= 4 is 27.9 Å². The van der Waals surface area contributed by atoms with Crippen LogP contribution in [0.15, 0.2) is 22.2 Å².